The van der Waals surface area contributed by atoms with Gasteiger partial charge in [-0.05, 0) is 62.4 Å². The molecule has 1 amide bonds. The van der Waals surface area contributed by atoms with Crippen molar-refractivity contribution in [2.24, 2.45) is 0 Å². The summed E-state index contributed by atoms with van der Waals surface area (Å²) < 4.78 is 28.0. The lowest BCUT2D eigenvalue weighted by molar-refractivity contribution is -0.384. The van der Waals surface area contributed by atoms with Crippen LogP contribution in [-0.2, 0) is 16.4 Å². The van der Waals surface area contributed by atoms with Crippen LogP contribution in [0.5, 0.6) is 0 Å². The smallest absolute Gasteiger partial charge is 0.269 e. The topological polar surface area (TPSA) is 101 Å². The normalized spacial score (nSPS) is 19.3. The first-order chi connectivity index (χ1) is 14.7. The molecule has 0 spiro atoms. The zero-order valence-electron chi connectivity index (χ0n) is 17.6. The number of carbonyl (C=O) groups excluding carboxylic acids is 1. The van der Waals surface area contributed by atoms with Gasteiger partial charge in [0.25, 0.3) is 11.6 Å². The van der Waals surface area contributed by atoms with Crippen molar-refractivity contribution in [2.75, 3.05) is 18.0 Å². The minimum absolute atomic E-state index is 0.00651. The van der Waals surface area contributed by atoms with Gasteiger partial charge >= 0.3 is 0 Å². The highest BCUT2D eigenvalue weighted by atomic mass is 32.2. The Labute approximate surface area is 181 Å². The standard InChI is InChI=1S/C22H25N3O5S/c1-15-6-8-19(31(29,30)24-11-4-3-5-16(24)2)14-20(15)22(26)23-12-10-17-13-18(25(27)28)7-9-21(17)23/h6-9,13-14,16H,3-5,10-12H2,1-2H3. The molecule has 0 radical (unpaired) electrons. The Morgan fingerprint density at radius 3 is 2.61 bits per heavy atom. The first-order valence-electron chi connectivity index (χ1n) is 10.4. The van der Waals surface area contributed by atoms with Gasteiger partial charge in [0, 0.05) is 42.5 Å². The first-order valence-corrected chi connectivity index (χ1v) is 11.9. The number of piperidine rings is 1. The van der Waals surface area contributed by atoms with Crippen LogP contribution < -0.4 is 4.90 Å². The molecule has 0 aromatic heterocycles. The van der Waals surface area contributed by atoms with Gasteiger partial charge in [0.15, 0.2) is 0 Å². The molecule has 4 rings (SSSR count). The zero-order valence-corrected chi connectivity index (χ0v) is 18.4. The van der Waals surface area contributed by atoms with E-state index in [0.717, 1.165) is 24.8 Å². The zero-order chi connectivity index (χ0) is 22.3. The molecule has 1 unspecified atom stereocenters. The molecule has 2 heterocycles. The van der Waals surface area contributed by atoms with Crippen LogP contribution in [0.15, 0.2) is 41.3 Å². The van der Waals surface area contributed by atoms with Gasteiger partial charge in [-0.2, -0.15) is 4.31 Å². The van der Waals surface area contributed by atoms with E-state index in [4.69, 9.17) is 0 Å². The van der Waals surface area contributed by atoms with Gasteiger partial charge in [0.05, 0.1) is 9.82 Å². The minimum Gasteiger partial charge on any atom is -0.308 e. The van der Waals surface area contributed by atoms with Gasteiger partial charge in [0.2, 0.25) is 10.0 Å². The molecule has 164 valence electrons. The van der Waals surface area contributed by atoms with Crippen molar-refractivity contribution < 1.29 is 18.1 Å². The molecule has 2 aliphatic heterocycles. The Bertz CT molecular complexity index is 1160. The fraction of sp³-hybridized carbons (Fsp3) is 0.409. The van der Waals surface area contributed by atoms with E-state index in [-0.39, 0.29) is 22.5 Å². The van der Waals surface area contributed by atoms with Crippen LogP contribution in [0.3, 0.4) is 0 Å². The maximum absolute atomic E-state index is 13.4. The third kappa shape index (κ3) is 3.83. The van der Waals surface area contributed by atoms with Crippen LogP contribution in [0.2, 0.25) is 0 Å². The van der Waals surface area contributed by atoms with E-state index < -0.39 is 14.9 Å². The lowest BCUT2D eigenvalue weighted by atomic mass is 10.1. The molecule has 2 aromatic carbocycles. The Morgan fingerprint density at radius 2 is 1.90 bits per heavy atom. The fourth-order valence-corrected chi connectivity index (χ4v) is 6.14. The Morgan fingerprint density at radius 1 is 1.13 bits per heavy atom. The molecule has 9 heteroatoms. The number of carbonyl (C=O) groups is 1. The molecule has 0 N–H and O–H groups in total. The number of benzene rings is 2. The molecule has 0 saturated carbocycles. The average molecular weight is 444 g/mol. The second kappa shape index (κ2) is 8.05. The average Bonchev–Trinajstić information content (AvgIpc) is 3.17. The van der Waals surface area contributed by atoms with E-state index in [0.29, 0.717) is 36.3 Å². The van der Waals surface area contributed by atoms with Crippen molar-refractivity contribution in [1.82, 2.24) is 4.31 Å². The number of rotatable bonds is 4. The van der Waals surface area contributed by atoms with E-state index in [9.17, 15) is 23.3 Å². The first kappa shape index (κ1) is 21.5. The molecule has 2 aliphatic rings. The molecule has 1 saturated heterocycles. The van der Waals surface area contributed by atoms with Crippen LogP contribution in [0.25, 0.3) is 0 Å². The number of sulfonamides is 1. The lowest BCUT2D eigenvalue weighted by Crippen LogP contribution is -2.42. The molecular weight excluding hydrogens is 418 g/mol. The van der Waals surface area contributed by atoms with E-state index in [1.165, 1.54) is 22.5 Å². The van der Waals surface area contributed by atoms with Gasteiger partial charge in [-0.25, -0.2) is 8.42 Å². The van der Waals surface area contributed by atoms with Crippen molar-refractivity contribution in [3.63, 3.8) is 0 Å². The number of nitrogens with zero attached hydrogens (tertiary/aromatic N) is 3. The number of hydrogen-bond donors (Lipinski definition) is 0. The Kier molecular flexibility index (Phi) is 5.57. The quantitative estimate of drug-likeness (QED) is 0.530. The van der Waals surface area contributed by atoms with E-state index >= 15 is 0 Å². The second-order valence-corrected chi connectivity index (χ2v) is 10.1. The number of aryl methyl sites for hydroxylation is 1. The summed E-state index contributed by atoms with van der Waals surface area (Å²) in [6, 6.07) is 9.09. The summed E-state index contributed by atoms with van der Waals surface area (Å²) in [5.74, 6) is -0.297. The summed E-state index contributed by atoms with van der Waals surface area (Å²) in [6.45, 7) is 4.57. The van der Waals surface area contributed by atoms with Crippen LogP contribution >= 0.6 is 0 Å². The predicted molar refractivity (Wildman–Crippen MR) is 117 cm³/mol. The summed E-state index contributed by atoms with van der Waals surface area (Å²) in [6.07, 6.45) is 3.19. The molecular formula is C22H25N3O5S. The maximum Gasteiger partial charge on any atom is 0.269 e. The monoisotopic (exact) mass is 443 g/mol. The fourth-order valence-electron chi connectivity index (χ4n) is 4.41. The summed E-state index contributed by atoms with van der Waals surface area (Å²) in [4.78, 5) is 25.6. The lowest BCUT2D eigenvalue weighted by Gasteiger charge is -2.32. The van der Waals surface area contributed by atoms with Gasteiger partial charge in [-0.1, -0.05) is 12.5 Å². The summed E-state index contributed by atoms with van der Waals surface area (Å²) in [5.41, 5.74) is 2.38. The molecule has 0 bridgehead atoms. The Balaban J connectivity index is 1.67. The predicted octanol–water partition coefficient (Wildman–Crippen LogP) is 3.67. The highest BCUT2D eigenvalue weighted by Crippen LogP contribution is 2.33. The molecule has 31 heavy (non-hydrogen) atoms. The highest BCUT2D eigenvalue weighted by Gasteiger charge is 2.33. The largest absolute Gasteiger partial charge is 0.308 e. The van der Waals surface area contributed by atoms with Crippen LogP contribution in [-0.4, -0.2) is 42.7 Å². The number of anilines is 1. The number of nitro groups is 1. The van der Waals surface area contributed by atoms with Crippen LogP contribution in [0, 0.1) is 17.0 Å². The second-order valence-electron chi connectivity index (χ2n) is 8.21. The van der Waals surface area contributed by atoms with E-state index in [1.54, 1.807) is 30.0 Å². The van der Waals surface area contributed by atoms with Gasteiger partial charge < -0.3 is 4.90 Å². The number of fused-ring (bicyclic) bond motifs is 1. The van der Waals surface area contributed by atoms with Crippen molar-refractivity contribution in [3.8, 4) is 0 Å². The summed E-state index contributed by atoms with van der Waals surface area (Å²) >= 11 is 0. The van der Waals surface area contributed by atoms with Crippen LogP contribution in [0.4, 0.5) is 11.4 Å². The van der Waals surface area contributed by atoms with E-state index in [1.807, 2.05) is 6.92 Å². The van der Waals surface area contributed by atoms with Gasteiger partial charge in [-0.3, -0.25) is 14.9 Å². The summed E-state index contributed by atoms with van der Waals surface area (Å²) in [7, 11) is -3.70. The molecule has 1 fully saturated rings. The van der Waals surface area contributed by atoms with Crippen LogP contribution in [0.1, 0.15) is 47.7 Å². The molecule has 1 atom stereocenters. The highest BCUT2D eigenvalue weighted by molar-refractivity contribution is 7.89. The summed E-state index contributed by atoms with van der Waals surface area (Å²) in [5, 5.41) is 11.0. The number of hydrogen-bond acceptors (Lipinski definition) is 5. The third-order valence-electron chi connectivity index (χ3n) is 6.20. The van der Waals surface area contributed by atoms with Gasteiger partial charge in [0.1, 0.15) is 0 Å². The molecule has 8 nitrogen and oxygen atoms in total. The number of non-ortho nitro benzene ring substituents is 1. The number of amides is 1. The molecule has 2 aromatic rings. The van der Waals surface area contributed by atoms with E-state index in [2.05, 4.69) is 0 Å². The minimum atomic E-state index is -3.70. The SMILES string of the molecule is Cc1ccc(S(=O)(=O)N2CCCCC2C)cc1C(=O)N1CCc2cc([N+](=O)[O-])ccc21. The van der Waals surface area contributed by atoms with Gasteiger partial charge in [-0.15, -0.1) is 0 Å². The maximum atomic E-state index is 13.4. The molecule has 0 aliphatic carbocycles. The van der Waals surface area contributed by atoms with Crippen molar-refractivity contribution in [3.05, 3.63) is 63.2 Å². The number of nitro benzene ring substituents is 1. The Hall–Kier alpha value is -2.78. The van der Waals surface area contributed by atoms with Crippen molar-refractivity contribution in [2.45, 2.75) is 50.5 Å². The van der Waals surface area contributed by atoms with Crippen molar-refractivity contribution in [1.29, 1.82) is 0 Å². The van der Waals surface area contributed by atoms with Crippen molar-refractivity contribution >= 4 is 27.3 Å². The third-order valence-corrected chi connectivity index (χ3v) is 8.21.